The molecule has 37 heavy (non-hydrogen) atoms. The number of hydrogen-bond acceptors (Lipinski definition) is 8. The number of ether oxygens (including phenoxy) is 1. The lowest BCUT2D eigenvalue weighted by Gasteiger charge is -2.28. The molecule has 1 aliphatic rings. The number of likely N-dealkylation sites (N-methyl/N-ethyl adjacent to an activating group) is 2. The number of aromatic nitrogens is 4. The van der Waals surface area contributed by atoms with E-state index < -0.39 is 0 Å². The highest BCUT2D eigenvalue weighted by Gasteiger charge is 2.17. The molecular weight excluding hydrogens is 468 g/mol. The highest BCUT2D eigenvalue weighted by molar-refractivity contribution is 6.11. The Labute approximate surface area is 216 Å². The Bertz CT molecular complexity index is 1360. The molecule has 5 rings (SSSR count). The molecule has 1 aliphatic heterocycles. The van der Waals surface area contributed by atoms with E-state index in [1.54, 1.807) is 6.20 Å². The number of fused-ring (bicyclic) bond motifs is 1. The minimum Gasteiger partial charge on any atom is -0.378 e. The Morgan fingerprint density at radius 2 is 1.86 bits per heavy atom. The topological polar surface area (TPSA) is 103 Å². The number of amides is 1. The maximum Gasteiger partial charge on any atom is 0.276 e. The van der Waals surface area contributed by atoms with Gasteiger partial charge in [-0.25, -0.2) is 4.98 Å². The number of nitrogens with one attached hydrogen (secondary N) is 2. The maximum atomic E-state index is 13.1. The van der Waals surface area contributed by atoms with Gasteiger partial charge < -0.3 is 24.8 Å². The van der Waals surface area contributed by atoms with Crippen LogP contribution in [0.3, 0.4) is 0 Å². The third kappa shape index (κ3) is 5.71. The summed E-state index contributed by atoms with van der Waals surface area (Å²) < 4.78 is 5.47. The van der Waals surface area contributed by atoms with Gasteiger partial charge in [-0.3, -0.25) is 14.9 Å². The van der Waals surface area contributed by atoms with Crippen molar-refractivity contribution in [3.05, 3.63) is 60.7 Å². The van der Waals surface area contributed by atoms with Crippen molar-refractivity contribution in [1.82, 2.24) is 25.1 Å². The number of morpholine rings is 1. The molecular formula is C27H32N8O2. The summed E-state index contributed by atoms with van der Waals surface area (Å²) in [5.74, 6) is 0.557. The van der Waals surface area contributed by atoms with E-state index in [-0.39, 0.29) is 5.91 Å². The summed E-state index contributed by atoms with van der Waals surface area (Å²) in [6.45, 7) is 4.91. The van der Waals surface area contributed by atoms with Gasteiger partial charge in [-0.1, -0.05) is 6.07 Å². The fourth-order valence-electron chi connectivity index (χ4n) is 4.29. The van der Waals surface area contributed by atoms with Gasteiger partial charge in [0.15, 0.2) is 5.69 Å². The van der Waals surface area contributed by atoms with Gasteiger partial charge in [0.1, 0.15) is 5.82 Å². The second kappa shape index (κ2) is 10.9. The molecule has 0 atom stereocenters. The van der Waals surface area contributed by atoms with Crippen molar-refractivity contribution in [1.29, 1.82) is 0 Å². The molecule has 192 valence electrons. The van der Waals surface area contributed by atoms with Gasteiger partial charge in [0.25, 0.3) is 5.91 Å². The standard InChI is InChI=1S/C27H32N8O2/c1-33(2)8-9-34(3)25-7-5-21(17-29-25)30-27(36)26-23-15-19(4-6-24(23)31-32-26)20-14-22(18-28-16-20)35-10-12-37-13-11-35/h4-7,14-18H,8-13H2,1-3H3,(H,30,36)(H,31,32). The zero-order valence-electron chi connectivity index (χ0n) is 21.4. The summed E-state index contributed by atoms with van der Waals surface area (Å²) >= 11 is 0. The number of aromatic amines is 1. The predicted molar refractivity (Wildman–Crippen MR) is 146 cm³/mol. The molecule has 2 N–H and O–H groups in total. The molecule has 0 aliphatic carbocycles. The average Bonchev–Trinajstić information content (AvgIpc) is 3.36. The number of rotatable bonds is 8. The molecule has 1 fully saturated rings. The largest absolute Gasteiger partial charge is 0.378 e. The molecule has 0 spiro atoms. The molecule has 1 saturated heterocycles. The molecule has 10 heteroatoms. The van der Waals surface area contributed by atoms with Crippen LogP contribution in [0.15, 0.2) is 55.0 Å². The second-order valence-corrected chi connectivity index (χ2v) is 9.45. The number of hydrogen-bond donors (Lipinski definition) is 2. The maximum absolute atomic E-state index is 13.1. The molecule has 4 aromatic rings. The van der Waals surface area contributed by atoms with Crippen molar-refractivity contribution in [2.75, 3.05) is 75.7 Å². The van der Waals surface area contributed by atoms with Crippen LogP contribution in [-0.4, -0.2) is 91.5 Å². The quantitative estimate of drug-likeness (QED) is 0.381. The second-order valence-electron chi connectivity index (χ2n) is 9.45. The lowest BCUT2D eigenvalue weighted by Crippen LogP contribution is -2.36. The number of H-pyrrole nitrogens is 1. The van der Waals surface area contributed by atoms with E-state index in [0.717, 1.165) is 72.9 Å². The van der Waals surface area contributed by atoms with Crippen LogP contribution in [0, 0.1) is 0 Å². The third-order valence-corrected chi connectivity index (χ3v) is 6.49. The van der Waals surface area contributed by atoms with E-state index in [4.69, 9.17) is 4.74 Å². The summed E-state index contributed by atoms with van der Waals surface area (Å²) in [5, 5.41) is 10.9. The van der Waals surface area contributed by atoms with Crippen LogP contribution in [0.4, 0.5) is 17.2 Å². The molecule has 4 heterocycles. The first-order valence-electron chi connectivity index (χ1n) is 12.4. The number of pyridine rings is 2. The monoisotopic (exact) mass is 500 g/mol. The van der Waals surface area contributed by atoms with Gasteiger partial charge in [0, 0.05) is 50.4 Å². The highest BCUT2D eigenvalue weighted by Crippen LogP contribution is 2.28. The van der Waals surface area contributed by atoms with Gasteiger partial charge in [-0.2, -0.15) is 5.10 Å². The molecule has 3 aromatic heterocycles. The van der Waals surface area contributed by atoms with Crippen LogP contribution in [0.5, 0.6) is 0 Å². The van der Waals surface area contributed by atoms with Crippen molar-refractivity contribution in [3.63, 3.8) is 0 Å². The highest BCUT2D eigenvalue weighted by atomic mass is 16.5. The third-order valence-electron chi connectivity index (χ3n) is 6.49. The Morgan fingerprint density at radius 3 is 2.62 bits per heavy atom. The zero-order chi connectivity index (χ0) is 25.8. The Morgan fingerprint density at radius 1 is 1.03 bits per heavy atom. The fourth-order valence-corrected chi connectivity index (χ4v) is 4.29. The van der Waals surface area contributed by atoms with Gasteiger partial charge in [0.05, 0.1) is 42.5 Å². The number of carbonyl (C=O) groups excluding carboxylic acids is 1. The first kappa shape index (κ1) is 24.7. The molecule has 0 radical (unpaired) electrons. The minimum atomic E-state index is -0.292. The van der Waals surface area contributed by atoms with E-state index >= 15 is 0 Å². The van der Waals surface area contributed by atoms with E-state index in [2.05, 4.69) is 46.2 Å². The summed E-state index contributed by atoms with van der Waals surface area (Å²) in [7, 11) is 6.09. The lowest BCUT2D eigenvalue weighted by molar-refractivity contribution is 0.102. The number of anilines is 3. The van der Waals surface area contributed by atoms with Crippen LogP contribution >= 0.6 is 0 Å². The molecule has 0 saturated carbocycles. The summed E-state index contributed by atoms with van der Waals surface area (Å²) in [6.07, 6.45) is 5.39. The molecule has 1 amide bonds. The van der Waals surface area contributed by atoms with Crippen LogP contribution < -0.4 is 15.1 Å². The fraction of sp³-hybridized carbons (Fsp3) is 0.333. The summed E-state index contributed by atoms with van der Waals surface area (Å²) in [4.78, 5) is 28.6. The molecule has 0 unspecified atom stereocenters. The average molecular weight is 501 g/mol. The van der Waals surface area contributed by atoms with Crippen molar-refractivity contribution >= 4 is 34.0 Å². The van der Waals surface area contributed by atoms with Gasteiger partial charge >= 0.3 is 0 Å². The number of carbonyl (C=O) groups is 1. The van der Waals surface area contributed by atoms with E-state index in [0.29, 0.717) is 11.4 Å². The predicted octanol–water partition coefficient (Wildman–Crippen LogP) is 3.11. The Hall–Kier alpha value is -4.02. The molecule has 0 bridgehead atoms. The van der Waals surface area contributed by atoms with Gasteiger partial charge in [-0.15, -0.1) is 0 Å². The van der Waals surface area contributed by atoms with Crippen LogP contribution in [0.1, 0.15) is 10.5 Å². The lowest BCUT2D eigenvalue weighted by atomic mass is 10.0. The minimum absolute atomic E-state index is 0.292. The van der Waals surface area contributed by atoms with E-state index in [1.807, 2.05) is 63.9 Å². The van der Waals surface area contributed by atoms with Gasteiger partial charge in [-0.05, 0) is 50.0 Å². The van der Waals surface area contributed by atoms with Gasteiger partial charge in [0.2, 0.25) is 0 Å². The Balaban J connectivity index is 1.33. The van der Waals surface area contributed by atoms with E-state index in [9.17, 15) is 4.79 Å². The van der Waals surface area contributed by atoms with Crippen molar-refractivity contribution in [2.24, 2.45) is 0 Å². The first-order chi connectivity index (χ1) is 18.0. The first-order valence-corrected chi connectivity index (χ1v) is 12.4. The van der Waals surface area contributed by atoms with Crippen LogP contribution in [-0.2, 0) is 4.74 Å². The normalized spacial score (nSPS) is 13.8. The van der Waals surface area contributed by atoms with Crippen LogP contribution in [0.2, 0.25) is 0 Å². The molecule has 10 nitrogen and oxygen atoms in total. The van der Waals surface area contributed by atoms with E-state index in [1.165, 1.54) is 0 Å². The van der Waals surface area contributed by atoms with Crippen molar-refractivity contribution in [3.8, 4) is 11.1 Å². The zero-order valence-corrected chi connectivity index (χ0v) is 21.4. The Kier molecular flexibility index (Phi) is 7.29. The SMILES string of the molecule is CN(C)CCN(C)c1ccc(NC(=O)c2n[nH]c3ccc(-c4cncc(N5CCOCC5)c4)cc23)cn1. The number of benzene rings is 1. The van der Waals surface area contributed by atoms with Crippen LogP contribution in [0.25, 0.3) is 22.0 Å². The smallest absolute Gasteiger partial charge is 0.276 e. The summed E-state index contributed by atoms with van der Waals surface area (Å²) in [5.41, 5.74) is 4.76. The van der Waals surface area contributed by atoms with Crippen molar-refractivity contribution in [2.45, 2.75) is 0 Å². The van der Waals surface area contributed by atoms with Crippen molar-refractivity contribution < 1.29 is 9.53 Å². The summed E-state index contributed by atoms with van der Waals surface area (Å²) in [6, 6.07) is 11.8. The number of nitrogens with zero attached hydrogens (tertiary/aromatic N) is 6. The molecule has 1 aromatic carbocycles.